The van der Waals surface area contributed by atoms with Gasteiger partial charge in [-0.15, -0.1) is 0 Å². The number of amides is 1. The van der Waals surface area contributed by atoms with Crippen molar-refractivity contribution >= 4 is 22.9 Å². The van der Waals surface area contributed by atoms with E-state index < -0.39 is 0 Å². The molecule has 0 bridgehead atoms. The number of rotatable bonds is 6. The van der Waals surface area contributed by atoms with Crippen molar-refractivity contribution in [3.8, 4) is 11.4 Å². The lowest BCUT2D eigenvalue weighted by Gasteiger charge is -2.09. The molecule has 0 spiro atoms. The molecule has 1 aromatic heterocycles. The van der Waals surface area contributed by atoms with Crippen LogP contribution in [-0.4, -0.2) is 23.3 Å². The molecule has 5 heteroatoms. The maximum absolute atomic E-state index is 12.1. The molecule has 0 aliphatic rings. The summed E-state index contributed by atoms with van der Waals surface area (Å²) in [5.74, 6) is 0.361. The molecule has 0 atom stereocenters. The molecule has 144 valence electrons. The highest BCUT2D eigenvalue weighted by Crippen LogP contribution is 2.24. The predicted octanol–water partition coefficient (Wildman–Crippen LogP) is 4.47. The molecule has 0 aliphatic carbocycles. The summed E-state index contributed by atoms with van der Waals surface area (Å²) in [4.78, 5) is 12.1. The second-order valence-corrected chi connectivity index (χ2v) is 6.63. The number of aromatic nitrogens is 1. The number of hydrazone groups is 1. The van der Waals surface area contributed by atoms with E-state index in [0.29, 0.717) is 5.75 Å². The number of ether oxygens (including phenoxy) is 1. The normalized spacial score (nSPS) is 11.1. The topological polar surface area (TPSA) is 55.6 Å². The number of fused-ring (bicyclic) bond motifs is 1. The van der Waals surface area contributed by atoms with Gasteiger partial charge in [-0.05, 0) is 42.6 Å². The highest BCUT2D eigenvalue weighted by Gasteiger charge is 2.07. The number of carbonyl (C=O) groups excluding carboxylic acids is 1. The third kappa shape index (κ3) is 4.19. The zero-order valence-corrected chi connectivity index (χ0v) is 16.1. The molecule has 5 nitrogen and oxygen atoms in total. The summed E-state index contributed by atoms with van der Waals surface area (Å²) in [6.45, 7) is 1.92. The Bertz CT molecular complexity index is 1160. The van der Waals surface area contributed by atoms with Gasteiger partial charge >= 0.3 is 0 Å². The average Bonchev–Trinajstić information content (AvgIpc) is 3.13. The van der Waals surface area contributed by atoms with Gasteiger partial charge in [0.15, 0.2) is 6.61 Å². The van der Waals surface area contributed by atoms with Crippen LogP contribution in [0.2, 0.25) is 0 Å². The Morgan fingerprint density at radius 2 is 1.72 bits per heavy atom. The Kier molecular flexibility index (Phi) is 5.38. The zero-order valence-electron chi connectivity index (χ0n) is 16.1. The fraction of sp³-hybridized carbons (Fsp3) is 0.0833. The van der Waals surface area contributed by atoms with Gasteiger partial charge in [0.25, 0.3) is 5.91 Å². The number of hydrogen-bond acceptors (Lipinski definition) is 3. The van der Waals surface area contributed by atoms with Crippen LogP contribution < -0.4 is 10.2 Å². The van der Waals surface area contributed by atoms with E-state index >= 15 is 0 Å². The van der Waals surface area contributed by atoms with E-state index in [9.17, 15) is 4.79 Å². The zero-order chi connectivity index (χ0) is 20.1. The lowest BCUT2D eigenvalue weighted by molar-refractivity contribution is -0.123. The van der Waals surface area contributed by atoms with Crippen LogP contribution in [0.5, 0.6) is 5.75 Å². The summed E-state index contributed by atoms with van der Waals surface area (Å²) in [5.41, 5.74) is 5.54. The van der Waals surface area contributed by atoms with Crippen LogP contribution in [0.3, 0.4) is 0 Å². The number of nitrogens with one attached hydrogen (secondary N) is 1. The molecule has 0 fully saturated rings. The molecule has 4 aromatic rings. The van der Waals surface area contributed by atoms with Crippen molar-refractivity contribution in [2.75, 3.05) is 6.61 Å². The lowest BCUT2D eigenvalue weighted by atomic mass is 10.1. The van der Waals surface area contributed by atoms with Crippen molar-refractivity contribution in [3.05, 3.63) is 96.3 Å². The maximum Gasteiger partial charge on any atom is 0.277 e. The van der Waals surface area contributed by atoms with Gasteiger partial charge in [0.1, 0.15) is 5.75 Å². The molecule has 1 amide bonds. The van der Waals surface area contributed by atoms with Crippen LogP contribution in [0.4, 0.5) is 0 Å². The standard InChI is InChI=1S/C24H21N3O2/c1-18-14-15-21(27(18)20-10-3-2-4-11-20)16-25-26-24(28)17-29-23-13-7-9-19-8-5-6-12-22(19)23/h2-16H,17H2,1H3,(H,26,28)/b25-16-. The van der Waals surface area contributed by atoms with Crippen molar-refractivity contribution < 1.29 is 9.53 Å². The number of para-hydroxylation sites is 1. The third-order valence-electron chi connectivity index (χ3n) is 4.62. The van der Waals surface area contributed by atoms with E-state index in [1.807, 2.05) is 91.9 Å². The molecule has 4 rings (SSSR count). The Balaban J connectivity index is 1.40. The van der Waals surface area contributed by atoms with Gasteiger partial charge in [-0.2, -0.15) is 5.10 Å². The van der Waals surface area contributed by atoms with Gasteiger partial charge in [-0.3, -0.25) is 4.79 Å². The fourth-order valence-electron chi connectivity index (χ4n) is 3.26. The largest absolute Gasteiger partial charge is 0.483 e. The van der Waals surface area contributed by atoms with E-state index in [4.69, 9.17) is 4.74 Å². The van der Waals surface area contributed by atoms with E-state index in [1.54, 1.807) is 6.21 Å². The average molecular weight is 383 g/mol. The van der Waals surface area contributed by atoms with E-state index in [1.165, 1.54) is 0 Å². The van der Waals surface area contributed by atoms with Crippen LogP contribution in [-0.2, 0) is 4.79 Å². The van der Waals surface area contributed by atoms with Crippen molar-refractivity contribution in [2.45, 2.75) is 6.92 Å². The minimum Gasteiger partial charge on any atom is -0.483 e. The number of carbonyl (C=O) groups is 1. The van der Waals surface area contributed by atoms with Crippen LogP contribution in [0, 0.1) is 6.92 Å². The molecule has 0 saturated carbocycles. The fourth-order valence-corrected chi connectivity index (χ4v) is 3.26. The van der Waals surface area contributed by atoms with Crippen molar-refractivity contribution in [1.29, 1.82) is 0 Å². The molecule has 29 heavy (non-hydrogen) atoms. The van der Waals surface area contributed by atoms with E-state index in [-0.39, 0.29) is 12.5 Å². The van der Waals surface area contributed by atoms with Gasteiger partial charge in [0, 0.05) is 16.8 Å². The van der Waals surface area contributed by atoms with Crippen LogP contribution in [0.1, 0.15) is 11.4 Å². The first kappa shape index (κ1) is 18.5. The first-order chi connectivity index (χ1) is 14.2. The second-order valence-electron chi connectivity index (χ2n) is 6.63. The number of nitrogens with zero attached hydrogens (tertiary/aromatic N) is 2. The molecule has 1 N–H and O–H groups in total. The SMILES string of the molecule is Cc1ccc(/C=N\NC(=O)COc2cccc3ccccc23)n1-c1ccccc1. The smallest absolute Gasteiger partial charge is 0.277 e. The van der Waals surface area contributed by atoms with Crippen LogP contribution in [0.15, 0.2) is 90.0 Å². The van der Waals surface area contributed by atoms with E-state index in [2.05, 4.69) is 15.1 Å². The molecule has 0 radical (unpaired) electrons. The molecule has 3 aromatic carbocycles. The molecule has 0 saturated heterocycles. The summed E-state index contributed by atoms with van der Waals surface area (Å²) in [7, 11) is 0. The summed E-state index contributed by atoms with van der Waals surface area (Å²) in [6, 6.07) is 27.7. The monoisotopic (exact) mass is 383 g/mol. The summed E-state index contributed by atoms with van der Waals surface area (Å²) < 4.78 is 7.76. The molecule has 1 heterocycles. The summed E-state index contributed by atoms with van der Waals surface area (Å²) in [6.07, 6.45) is 1.63. The molecule has 0 unspecified atom stereocenters. The van der Waals surface area contributed by atoms with Crippen LogP contribution in [0.25, 0.3) is 16.5 Å². The molecular formula is C24H21N3O2. The maximum atomic E-state index is 12.1. The Hall–Kier alpha value is -3.86. The first-order valence-corrected chi connectivity index (χ1v) is 9.38. The number of aryl methyl sites for hydroxylation is 1. The lowest BCUT2D eigenvalue weighted by Crippen LogP contribution is -2.24. The Morgan fingerprint density at radius 1 is 0.966 bits per heavy atom. The second kappa shape index (κ2) is 8.44. The Morgan fingerprint density at radius 3 is 2.59 bits per heavy atom. The van der Waals surface area contributed by atoms with Gasteiger partial charge < -0.3 is 9.30 Å². The number of benzene rings is 3. The van der Waals surface area contributed by atoms with Gasteiger partial charge in [-0.25, -0.2) is 5.43 Å². The third-order valence-corrected chi connectivity index (χ3v) is 4.62. The predicted molar refractivity (Wildman–Crippen MR) is 116 cm³/mol. The van der Waals surface area contributed by atoms with Crippen molar-refractivity contribution in [3.63, 3.8) is 0 Å². The summed E-state index contributed by atoms with van der Waals surface area (Å²) in [5, 5.41) is 6.13. The van der Waals surface area contributed by atoms with E-state index in [0.717, 1.165) is 27.8 Å². The van der Waals surface area contributed by atoms with Crippen LogP contribution >= 0.6 is 0 Å². The Labute approximate surface area is 169 Å². The highest BCUT2D eigenvalue weighted by molar-refractivity contribution is 5.89. The van der Waals surface area contributed by atoms with Gasteiger partial charge in [-0.1, -0.05) is 54.6 Å². The molecule has 0 aliphatic heterocycles. The quantitative estimate of drug-likeness (QED) is 0.395. The highest BCUT2D eigenvalue weighted by atomic mass is 16.5. The minimum absolute atomic E-state index is 0.107. The number of hydrogen-bond donors (Lipinski definition) is 1. The molecular weight excluding hydrogens is 362 g/mol. The summed E-state index contributed by atoms with van der Waals surface area (Å²) >= 11 is 0. The van der Waals surface area contributed by atoms with Crippen molar-refractivity contribution in [1.82, 2.24) is 9.99 Å². The van der Waals surface area contributed by atoms with Crippen molar-refractivity contribution in [2.24, 2.45) is 5.10 Å². The van der Waals surface area contributed by atoms with Gasteiger partial charge in [0.2, 0.25) is 0 Å². The van der Waals surface area contributed by atoms with Gasteiger partial charge in [0.05, 0.1) is 11.9 Å². The minimum atomic E-state index is -0.316. The first-order valence-electron chi connectivity index (χ1n) is 9.38.